The molecule has 1 aliphatic rings. The normalized spacial score (nSPS) is 25.8. The summed E-state index contributed by atoms with van der Waals surface area (Å²) in [6.07, 6.45) is 6.33. The summed E-state index contributed by atoms with van der Waals surface area (Å²) in [7, 11) is 0. The van der Waals surface area contributed by atoms with E-state index in [0.29, 0.717) is 5.54 Å². The highest BCUT2D eigenvalue weighted by molar-refractivity contribution is 5.01. The SMILES string of the molecule is CCC(C)CC(CC)(CN)N1CCCC1(C)C. The molecule has 1 rings (SSSR count). The maximum Gasteiger partial charge on any atom is 0.0336 e. The van der Waals surface area contributed by atoms with Crippen LogP contribution in [-0.2, 0) is 0 Å². The van der Waals surface area contributed by atoms with E-state index in [4.69, 9.17) is 5.73 Å². The molecule has 0 aromatic rings. The second kappa shape index (κ2) is 5.71. The van der Waals surface area contributed by atoms with Gasteiger partial charge in [0.1, 0.15) is 0 Å². The van der Waals surface area contributed by atoms with Gasteiger partial charge >= 0.3 is 0 Å². The van der Waals surface area contributed by atoms with Crippen molar-refractivity contribution in [2.75, 3.05) is 13.1 Å². The highest BCUT2D eigenvalue weighted by Crippen LogP contribution is 2.39. The maximum absolute atomic E-state index is 6.18. The fraction of sp³-hybridized carbons (Fsp3) is 1.00. The van der Waals surface area contributed by atoms with Crippen LogP contribution in [-0.4, -0.2) is 29.1 Å². The van der Waals surface area contributed by atoms with Crippen molar-refractivity contribution in [2.24, 2.45) is 11.7 Å². The third-order valence-corrected chi connectivity index (χ3v) is 4.94. The molecule has 1 heterocycles. The first-order valence-corrected chi connectivity index (χ1v) is 7.39. The Morgan fingerprint density at radius 3 is 2.35 bits per heavy atom. The summed E-state index contributed by atoms with van der Waals surface area (Å²) in [4.78, 5) is 2.71. The third-order valence-electron chi connectivity index (χ3n) is 4.94. The van der Waals surface area contributed by atoms with Crippen molar-refractivity contribution in [3.05, 3.63) is 0 Å². The van der Waals surface area contributed by atoms with Crippen molar-refractivity contribution in [1.29, 1.82) is 0 Å². The van der Waals surface area contributed by atoms with Gasteiger partial charge in [-0.05, 0) is 52.0 Å². The number of nitrogens with zero attached hydrogens (tertiary/aromatic N) is 1. The molecule has 2 heteroatoms. The predicted molar refractivity (Wildman–Crippen MR) is 76.2 cm³/mol. The zero-order valence-corrected chi connectivity index (χ0v) is 12.6. The summed E-state index contributed by atoms with van der Waals surface area (Å²) < 4.78 is 0. The average Bonchev–Trinajstić information content (AvgIpc) is 2.66. The Bertz CT molecular complexity index is 231. The smallest absolute Gasteiger partial charge is 0.0336 e. The maximum atomic E-state index is 6.18. The first-order chi connectivity index (χ1) is 7.91. The van der Waals surface area contributed by atoms with Crippen molar-refractivity contribution in [1.82, 2.24) is 4.90 Å². The van der Waals surface area contributed by atoms with Gasteiger partial charge in [-0.15, -0.1) is 0 Å². The highest BCUT2D eigenvalue weighted by atomic mass is 15.3. The second-order valence-electron chi connectivity index (χ2n) is 6.57. The Balaban J connectivity index is 2.90. The Kier molecular flexibility index (Phi) is 5.03. The summed E-state index contributed by atoms with van der Waals surface area (Å²) in [5.74, 6) is 0.773. The van der Waals surface area contributed by atoms with Gasteiger partial charge in [-0.1, -0.05) is 27.2 Å². The van der Waals surface area contributed by atoms with Crippen LogP contribution < -0.4 is 5.73 Å². The molecule has 0 spiro atoms. The number of likely N-dealkylation sites (tertiary alicyclic amines) is 1. The minimum absolute atomic E-state index is 0.232. The van der Waals surface area contributed by atoms with Crippen LogP contribution in [0.25, 0.3) is 0 Å². The van der Waals surface area contributed by atoms with Gasteiger partial charge in [0.25, 0.3) is 0 Å². The Labute approximate surface area is 108 Å². The molecule has 0 aromatic heterocycles. The quantitative estimate of drug-likeness (QED) is 0.771. The lowest BCUT2D eigenvalue weighted by molar-refractivity contribution is 0.0147. The molecule has 2 atom stereocenters. The van der Waals surface area contributed by atoms with E-state index >= 15 is 0 Å². The van der Waals surface area contributed by atoms with Gasteiger partial charge in [0, 0.05) is 17.6 Å². The fourth-order valence-electron chi connectivity index (χ4n) is 3.56. The molecule has 102 valence electrons. The first-order valence-electron chi connectivity index (χ1n) is 7.39. The van der Waals surface area contributed by atoms with Gasteiger partial charge in [-0.25, -0.2) is 0 Å². The standard InChI is InChI=1S/C15H32N2/c1-6-13(3)11-15(7-2,12-16)17-10-8-9-14(17,4)5/h13H,6-12,16H2,1-5H3. The van der Waals surface area contributed by atoms with Crippen molar-refractivity contribution in [2.45, 2.75) is 77.8 Å². The molecule has 1 fully saturated rings. The number of nitrogens with two attached hydrogens (primary N) is 1. The lowest BCUT2D eigenvalue weighted by atomic mass is 9.81. The summed E-state index contributed by atoms with van der Waals surface area (Å²) in [6, 6.07) is 0. The van der Waals surface area contributed by atoms with Crippen LogP contribution >= 0.6 is 0 Å². The van der Waals surface area contributed by atoms with Crippen molar-refractivity contribution >= 4 is 0 Å². The lowest BCUT2D eigenvalue weighted by Crippen LogP contribution is -2.59. The van der Waals surface area contributed by atoms with Crippen molar-refractivity contribution in [3.63, 3.8) is 0 Å². The molecule has 2 nitrogen and oxygen atoms in total. The second-order valence-corrected chi connectivity index (χ2v) is 6.57. The van der Waals surface area contributed by atoms with E-state index in [-0.39, 0.29) is 5.54 Å². The third kappa shape index (κ3) is 3.03. The van der Waals surface area contributed by atoms with Gasteiger partial charge < -0.3 is 5.73 Å². The molecule has 1 saturated heterocycles. The van der Waals surface area contributed by atoms with Gasteiger partial charge in [0.15, 0.2) is 0 Å². The lowest BCUT2D eigenvalue weighted by Gasteiger charge is -2.49. The van der Waals surface area contributed by atoms with Crippen molar-refractivity contribution in [3.8, 4) is 0 Å². The number of hydrogen-bond acceptors (Lipinski definition) is 2. The molecule has 0 aliphatic carbocycles. The molecule has 2 unspecified atom stereocenters. The number of hydrogen-bond donors (Lipinski definition) is 1. The molecule has 0 saturated carbocycles. The van der Waals surface area contributed by atoms with Gasteiger partial charge in [-0.2, -0.15) is 0 Å². The van der Waals surface area contributed by atoms with E-state index in [1.165, 1.54) is 38.6 Å². The molecule has 0 aromatic carbocycles. The summed E-state index contributed by atoms with van der Waals surface area (Å²) in [5, 5.41) is 0. The minimum atomic E-state index is 0.232. The van der Waals surface area contributed by atoms with Crippen LogP contribution in [0.4, 0.5) is 0 Å². The molecule has 17 heavy (non-hydrogen) atoms. The van der Waals surface area contributed by atoms with Crippen LogP contribution in [0, 0.1) is 5.92 Å². The van der Waals surface area contributed by atoms with E-state index in [0.717, 1.165) is 12.5 Å². The molecule has 0 bridgehead atoms. The Hall–Kier alpha value is -0.0800. The van der Waals surface area contributed by atoms with E-state index in [1.807, 2.05) is 0 Å². The summed E-state index contributed by atoms with van der Waals surface area (Å²) >= 11 is 0. The zero-order valence-electron chi connectivity index (χ0n) is 12.6. The number of rotatable bonds is 6. The van der Waals surface area contributed by atoms with Crippen LogP contribution in [0.15, 0.2) is 0 Å². The van der Waals surface area contributed by atoms with Crippen molar-refractivity contribution < 1.29 is 0 Å². The summed E-state index contributed by atoms with van der Waals surface area (Å²) in [6.45, 7) is 13.8. The largest absolute Gasteiger partial charge is 0.329 e. The highest BCUT2D eigenvalue weighted by Gasteiger charge is 2.44. The fourth-order valence-corrected chi connectivity index (χ4v) is 3.56. The molecule has 1 aliphatic heterocycles. The average molecular weight is 240 g/mol. The van der Waals surface area contributed by atoms with Gasteiger partial charge in [0.05, 0.1) is 0 Å². The van der Waals surface area contributed by atoms with E-state index in [2.05, 4.69) is 39.5 Å². The molecule has 0 radical (unpaired) electrons. The first kappa shape index (κ1) is 15.0. The topological polar surface area (TPSA) is 29.3 Å². The zero-order chi connectivity index (χ0) is 13.1. The van der Waals surface area contributed by atoms with E-state index in [9.17, 15) is 0 Å². The molecule has 2 N–H and O–H groups in total. The van der Waals surface area contributed by atoms with Crippen LogP contribution in [0.5, 0.6) is 0 Å². The van der Waals surface area contributed by atoms with Crippen LogP contribution in [0.3, 0.4) is 0 Å². The van der Waals surface area contributed by atoms with Crippen LogP contribution in [0.1, 0.15) is 66.7 Å². The predicted octanol–water partition coefficient (Wildman–Crippen LogP) is 3.40. The molecular weight excluding hydrogens is 208 g/mol. The van der Waals surface area contributed by atoms with E-state index < -0.39 is 0 Å². The van der Waals surface area contributed by atoms with Gasteiger partial charge in [0.2, 0.25) is 0 Å². The van der Waals surface area contributed by atoms with Crippen LogP contribution in [0.2, 0.25) is 0 Å². The molecular formula is C15H32N2. The Morgan fingerprint density at radius 2 is 2.00 bits per heavy atom. The minimum Gasteiger partial charge on any atom is -0.329 e. The van der Waals surface area contributed by atoms with Gasteiger partial charge in [-0.3, -0.25) is 4.90 Å². The monoisotopic (exact) mass is 240 g/mol. The Morgan fingerprint density at radius 1 is 1.35 bits per heavy atom. The molecule has 0 amide bonds. The van der Waals surface area contributed by atoms with E-state index in [1.54, 1.807) is 0 Å². The summed E-state index contributed by atoms with van der Waals surface area (Å²) in [5.41, 5.74) is 6.75.